The molecule has 25 heavy (non-hydrogen) atoms. The Morgan fingerprint density at radius 3 is 2.52 bits per heavy atom. The molecule has 1 saturated heterocycles. The second-order valence-electron chi connectivity index (χ2n) is 5.62. The van der Waals surface area contributed by atoms with Gasteiger partial charge in [0.25, 0.3) is 5.91 Å². The molecule has 0 radical (unpaired) electrons. The molecule has 1 fully saturated rings. The van der Waals surface area contributed by atoms with Crippen LogP contribution in [0.4, 0.5) is 0 Å². The number of piperidine rings is 1. The zero-order chi connectivity index (χ0) is 18.2. The van der Waals surface area contributed by atoms with E-state index in [0.717, 1.165) is 32.4 Å². The number of ether oxygens (including phenoxy) is 3. The van der Waals surface area contributed by atoms with Crippen molar-refractivity contribution >= 4 is 29.6 Å². The maximum atomic E-state index is 12.0. The topological polar surface area (TPSA) is 65.1 Å². The summed E-state index contributed by atoms with van der Waals surface area (Å²) in [4.78, 5) is 25.5. The van der Waals surface area contributed by atoms with Crippen molar-refractivity contribution in [2.24, 2.45) is 0 Å². The molecule has 1 heterocycles. The van der Waals surface area contributed by atoms with Crippen LogP contribution in [0.1, 0.15) is 24.8 Å². The molecular weight excluding hydrogens is 346 g/mol. The van der Waals surface area contributed by atoms with E-state index in [1.807, 2.05) is 0 Å². The number of hydrogen-bond donors (Lipinski definition) is 0. The summed E-state index contributed by atoms with van der Waals surface area (Å²) in [6.07, 6.45) is 5.93. The van der Waals surface area contributed by atoms with Crippen molar-refractivity contribution < 1.29 is 23.8 Å². The molecular formula is C18H22ClNO5. The van der Waals surface area contributed by atoms with Crippen LogP contribution in [0.15, 0.2) is 18.2 Å². The number of benzene rings is 1. The zero-order valence-corrected chi connectivity index (χ0v) is 15.2. The van der Waals surface area contributed by atoms with E-state index in [-0.39, 0.29) is 12.5 Å². The number of halogens is 1. The van der Waals surface area contributed by atoms with Crippen LogP contribution in [0.5, 0.6) is 11.5 Å². The molecule has 0 bridgehead atoms. The fraction of sp³-hybridized carbons (Fsp3) is 0.444. The maximum absolute atomic E-state index is 12.0. The molecule has 136 valence electrons. The van der Waals surface area contributed by atoms with Crippen LogP contribution in [-0.4, -0.2) is 50.7 Å². The number of nitrogens with zero attached hydrogens (tertiary/aromatic N) is 1. The van der Waals surface area contributed by atoms with E-state index in [4.69, 9.17) is 25.8 Å². The van der Waals surface area contributed by atoms with Gasteiger partial charge in [-0.2, -0.15) is 0 Å². The Morgan fingerprint density at radius 1 is 1.16 bits per heavy atom. The van der Waals surface area contributed by atoms with E-state index in [1.165, 1.54) is 20.3 Å². The first kappa shape index (κ1) is 19.1. The maximum Gasteiger partial charge on any atom is 0.331 e. The molecule has 0 N–H and O–H groups in total. The van der Waals surface area contributed by atoms with Gasteiger partial charge in [-0.05, 0) is 43.0 Å². The number of carbonyl (C=O) groups excluding carboxylic acids is 2. The molecule has 6 nitrogen and oxygen atoms in total. The fourth-order valence-electron chi connectivity index (χ4n) is 2.61. The minimum Gasteiger partial charge on any atom is -0.493 e. The minimum atomic E-state index is -0.587. The normalized spacial score (nSPS) is 14.4. The van der Waals surface area contributed by atoms with Crippen LogP contribution in [-0.2, 0) is 14.3 Å². The summed E-state index contributed by atoms with van der Waals surface area (Å²) in [5, 5.41) is 0.371. The van der Waals surface area contributed by atoms with Crippen molar-refractivity contribution in [2.45, 2.75) is 19.3 Å². The lowest BCUT2D eigenvalue weighted by Crippen LogP contribution is -2.38. The van der Waals surface area contributed by atoms with Gasteiger partial charge < -0.3 is 19.1 Å². The molecule has 1 aromatic rings. The quantitative estimate of drug-likeness (QED) is 0.571. The Balaban J connectivity index is 1.91. The lowest BCUT2D eigenvalue weighted by atomic mass is 10.1. The lowest BCUT2D eigenvalue weighted by Gasteiger charge is -2.26. The highest BCUT2D eigenvalue weighted by molar-refractivity contribution is 6.32. The first-order valence-corrected chi connectivity index (χ1v) is 8.47. The Bertz CT molecular complexity index is 653. The van der Waals surface area contributed by atoms with Crippen LogP contribution in [0.25, 0.3) is 6.08 Å². The Hall–Kier alpha value is -2.21. The SMILES string of the molecule is COc1cc(/C=C/C(=O)OCC(=O)N2CCCCC2)cc(Cl)c1OC. The third-order valence-corrected chi connectivity index (χ3v) is 4.20. The van der Waals surface area contributed by atoms with Crippen molar-refractivity contribution in [1.82, 2.24) is 4.90 Å². The zero-order valence-electron chi connectivity index (χ0n) is 14.4. The van der Waals surface area contributed by atoms with Crippen LogP contribution in [0, 0.1) is 0 Å². The number of hydrogen-bond acceptors (Lipinski definition) is 5. The van der Waals surface area contributed by atoms with Crippen molar-refractivity contribution in [3.63, 3.8) is 0 Å². The van der Waals surface area contributed by atoms with Crippen LogP contribution < -0.4 is 9.47 Å². The average Bonchev–Trinajstić information content (AvgIpc) is 2.64. The van der Waals surface area contributed by atoms with Crippen molar-refractivity contribution in [1.29, 1.82) is 0 Å². The molecule has 0 unspecified atom stereocenters. The second-order valence-corrected chi connectivity index (χ2v) is 6.03. The van der Waals surface area contributed by atoms with Crippen molar-refractivity contribution in [3.8, 4) is 11.5 Å². The number of methoxy groups -OCH3 is 2. The Labute approximate surface area is 152 Å². The van der Waals surface area contributed by atoms with E-state index in [1.54, 1.807) is 23.1 Å². The third-order valence-electron chi connectivity index (χ3n) is 3.91. The Morgan fingerprint density at radius 2 is 1.88 bits per heavy atom. The van der Waals surface area contributed by atoms with Gasteiger partial charge in [-0.25, -0.2) is 4.79 Å². The van der Waals surface area contributed by atoms with E-state index in [9.17, 15) is 9.59 Å². The predicted molar refractivity (Wildman–Crippen MR) is 95.0 cm³/mol. The highest BCUT2D eigenvalue weighted by atomic mass is 35.5. The molecule has 0 aliphatic carbocycles. The minimum absolute atomic E-state index is 0.157. The number of carbonyl (C=O) groups is 2. The summed E-state index contributed by atoms with van der Waals surface area (Å²) < 4.78 is 15.4. The molecule has 0 atom stereocenters. The summed E-state index contributed by atoms with van der Waals surface area (Å²) >= 11 is 6.11. The van der Waals surface area contributed by atoms with Gasteiger partial charge in [-0.1, -0.05) is 11.6 Å². The number of amides is 1. The molecule has 1 aliphatic rings. The molecule has 7 heteroatoms. The predicted octanol–water partition coefficient (Wildman–Crippen LogP) is 2.93. The summed E-state index contributed by atoms with van der Waals surface area (Å²) in [6.45, 7) is 1.22. The molecule has 0 saturated carbocycles. The molecule has 1 aliphatic heterocycles. The summed E-state index contributed by atoms with van der Waals surface area (Å²) in [6, 6.07) is 3.33. The Kier molecular flexibility index (Phi) is 7.13. The molecule has 1 aromatic carbocycles. The number of rotatable bonds is 6. The summed E-state index contributed by atoms with van der Waals surface area (Å²) in [5.74, 6) is 0.145. The van der Waals surface area contributed by atoms with E-state index < -0.39 is 5.97 Å². The van der Waals surface area contributed by atoms with Gasteiger partial charge in [0.1, 0.15) is 0 Å². The standard InChI is InChI=1S/C18H22ClNO5/c1-23-15-11-13(10-14(19)18(15)24-2)6-7-17(22)25-12-16(21)20-8-4-3-5-9-20/h6-7,10-11H,3-5,8-9,12H2,1-2H3/b7-6+. The molecule has 0 spiro atoms. The fourth-order valence-corrected chi connectivity index (χ4v) is 2.91. The molecule has 0 aromatic heterocycles. The smallest absolute Gasteiger partial charge is 0.331 e. The molecule has 1 amide bonds. The number of likely N-dealkylation sites (tertiary alicyclic amines) is 1. The largest absolute Gasteiger partial charge is 0.493 e. The van der Waals surface area contributed by atoms with Gasteiger partial charge in [-0.15, -0.1) is 0 Å². The van der Waals surface area contributed by atoms with Gasteiger partial charge in [-0.3, -0.25) is 4.79 Å². The first-order chi connectivity index (χ1) is 12.0. The monoisotopic (exact) mass is 367 g/mol. The van der Waals surface area contributed by atoms with Gasteiger partial charge in [0.05, 0.1) is 19.2 Å². The lowest BCUT2D eigenvalue weighted by molar-refractivity contribution is -0.148. The van der Waals surface area contributed by atoms with Gasteiger partial charge >= 0.3 is 5.97 Å². The first-order valence-electron chi connectivity index (χ1n) is 8.09. The highest BCUT2D eigenvalue weighted by Crippen LogP contribution is 2.36. The average molecular weight is 368 g/mol. The molecule has 2 rings (SSSR count). The van der Waals surface area contributed by atoms with Crippen molar-refractivity contribution in [3.05, 3.63) is 28.8 Å². The third kappa shape index (κ3) is 5.39. The highest BCUT2D eigenvalue weighted by Gasteiger charge is 2.17. The number of esters is 1. The van der Waals surface area contributed by atoms with Gasteiger partial charge in [0, 0.05) is 19.2 Å². The second kappa shape index (κ2) is 9.32. The summed E-state index contributed by atoms with van der Waals surface area (Å²) in [5.41, 5.74) is 0.655. The van der Waals surface area contributed by atoms with Crippen molar-refractivity contribution in [2.75, 3.05) is 33.9 Å². The van der Waals surface area contributed by atoms with E-state index in [0.29, 0.717) is 22.1 Å². The van der Waals surface area contributed by atoms with Gasteiger partial charge in [0.15, 0.2) is 18.1 Å². The van der Waals surface area contributed by atoms with Crippen LogP contribution in [0.3, 0.4) is 0 Å². The van der Waals surface area contributed by atoms with E-state index in [2.05, 4.69) is 0 Å². The van der Waals surface area contributed by atoms with Gasteiger partial charge in [0.2, 0.25) is 0 Å². The summed E-state index contributed by atoms with van der Waals surface area (Å²) in [7, 11) is 3.00. The van der Waals surface area contributed by atoms with Crippen LogP contribution in [0.2, 0.25) is 5.02 Å². The van der Waals surface area contributed by atoms with Crippen LogP contribution >= 0.6 is 11.6 Å². The van der Waals surface area contributed by atoms with E-state index >= 15 is 0 Å².